The van der Waals surface area contributed by atoms with Crippen LogP contribution in [0.25, 0.3) is 0 Å². The first-order valence-electron chi connectivity index (χ1n) is 6.93. The largest absolute Gasteiger partial charge is 0.493 e. The molecule has 0 fully saturated rings. The summed E-state index contributed by atoms with van der Waals surface area (Å²) >= 11 is 3.31. The highest BCUT2D eigenvalue weighted by molar-refractivity contribution is 7.99. The molecule has 0 aliphatic carbocycles. The van der Waals surface area contributed by atoms with Crippen LogP contribution in [0.4, 0.5) is 5.69 Å². The van der Waals surface area contributed by atoms with Gasteiger partial charge in [0.1, 0.15) is 0 Å². The number of thioether (sulfide) groups is 1. The number of hydrogen-bond donors (Lipinski definition) is 1. The van der Waals surface area contributed by atoms with E-state index < -0.39 is 0 Å². The Morgan fingerprint density at radius 2 is 2.18 bits per heavy atom. The Balaban J connectivity index is 1.85. The molecule has 0 saturated heterocycles. The van der Waals surface area contributed by atoms with Gasteiger partial charge in [0, 0.05) is 22.4 Å². The number of thiophene rings is 1. The van der Waals surface area contributed by atoms with Gasteiger partial charge in [-0.1, -0.05) is 6.07 Å². The third-order valence-corrected chi connectivity index (χ3v) is 4.85. The quantitative estimate of drug-likeness (QED) is 0.790. The predicted molar refractivity (Wildman–Crippen MR) is 93.3 cm³/mol. The highest BCUT2D eigenvalue weighted by Gasteiger charge is 2.08. The van der Waals surface area contributed by atoms with Crippen LogP contribution in [0.2, 0.25) is 0 Å². The molecule has 1 amide bonds. The zero-order valence-electron chi connectivity index (χ0n) is 12.6. The summed E-state index contributed by atoms with van der Waals surface area (Å²) in [5, 5.41) is 4.92. The van der Waals surface area contributed by atoms with Crippen LogP contribution in [-0.4, -0.2) is 25.4 Å². The lowest BCUT2D eigenvalue weighted by atomic mass is 10.2. The van der Waals surface area contributed by atoms with Crippen molar-refractivity contribution in [2.45, 2.75) is 12.7 Å². The number of carbonyl (C=O) groups is 1. The third kappa shape index (κ3) is 4.96. The number of rotatable bonds is 8. The zero-order valence-corrected chi connectivity index (χ0v) is 14.3. The molecule has 0 saturated carbocycles. The zero-order chi connectivity index (χ0) is 15.8. The normalized spacial score (nSPS) is 10.3. The monoisotopic (exact) mass is 337 g/mol. The molecular weight excluding hydrogens is 318 g/mol. The third-order valence-electron chi connectivity index (χ3n) is 2.80. The molecule has 1 N–H and O–H groups in total. The molecule has 1 aromatic heterocycles. The molecule has 1 aromatic carbocycles. The smallest absolute Gasteiger partial charge is 0.234 e. The molecule has 6 heteroatoms. The summed E-state index contributed by atoms with van der Waals surface area (Å²) in [5.41, 5.74) is 0.710. The maximum absolute atomic E-state index is 12.0. The fourth-order valence-corrected chi connectivity index (χ4v) is 3.52. The minimum Gasteiger partial charge on any atom is -0.493 e. The van der Waals surface area contributed by atoms with Gasteiger partial charge in [0.25, 0.3) is 0 Å². The van der Waals surface area contributed by atoms with Gasteiger partial charge in [-0.2, -0.15) is 0 Å². The van der Waals surface area contributed by atoms with Gasteiger partial charge in [-0.3, -0.25) is 4.79 Å². The average molecular weight is 337 g/mol. The second-order valence-electron chi connectivity index (χ2n) is 4.42. The van der Waals surface area contributed by atoms with E-state index >= 15 is 0 Å². The van der Waals surface area contributed by atoms with E-state index in [9.17, 15) is 4.79 Å². The van der Waals surface area contributed by atoms with E-state index in [0.29, 0.717) is 29.5 Å². The Morgan fingerprint density at radius 3 is 2.86 bits per heavy atom. The van der Waals surface area contributed by atoms with Crippen LogP contribution in [0, 0.1) is 0 Å². The van der Waals surface area contributed by atoms with Crippen molar-refractivity contribution in [2.75, 3.05) is 24.8 Å². The molecule has 0 spiro atoms. The lowest BCUT2D eigenvalue weighted by Crippen LogP contribution is -2.14. The Morgan fingerprint density at radius 1 is 1.32 bits per heavy atom. The van der Waals surface area contributed by atoms with Gasteiger partial charge >= 0.3 is 0 Å². The first kappa shape index (κ1) is 16.7. The van der Waals surface area contributed by atoms with Crippen LogP contribution in [0.3, 0.4) is 0 Å². The van der Waals surface area contributed by atoms with Gasteiger partial charge in [0.05, 0.1) is 19.5 Å². The second-order valence-corrected chi connectivity index (χ2v) is 6.44. The van der Waals surface area contributed by atoms with Crippen molar-refractivity contribution in [3.05, 3.63) is 40.6 Å². The Labute approximate surface area is 138 Å². The fourth-order valence-electron chi connectivity index (χ4n) is 1.86. The number of hydrogen-bond acceptors (Lipinski definition) is 5. The lowest BCUT2D eigenvalue weighted by Gasteiger charge is -2.11. The number of nitrogens with one attached hydrogen (secondary N) is 1. The standard InChI is InChI=1S/C16H19NO3S2/c1-3-20-14-7-6-12(9-15(14)19-2)17-16(18)11-21-10-13-5-4-8-22-13/h4-9H,3,10-11H2,1-2H3,(H,17,18). The first-order valence-corrected chi connectivity index (χ1v) is 8.97. The summed E-state index contributed by atoms with van der Waals surface area (Å²) in [6.45, 7) is 2.49. The van der Waals surface area contributed by atoms with E-state index in [1.807, 2.05) is 24.4 Å². The summed E-state index contributed by atoms with van der Waals surface area (Å²) < 4.78 is 10.7. The second kappa shape index (κ2) is 8.70. The number of ether oxygens (including phenoxy) is 2. The molecule has 118 valence electrons. The summed E-state index contributed by atoms with van der Waals surface area (Å²) in [4.78, 5) is 13.2. The highest BCUT2D eigenvalue weighted by Crippen LogP contribution is 2.30. The molecule has 2 aromatic rings. The van der Waals surface area contributed by atoms with Gasteiger partial charge in [0.15, 0.2) is 11.5 Å². The number of carbonyl (C=O) groups excluding carboxylic acids is 1. The minimum atomic E-state index is -0.0206. The van der Waals surface area contributed by atoms with Crippen LogP contribution in [0.15, 0.2) is 35.7 Å². The Kier molecular flexibility index (Phi) is 6.61. The van der Waals surface area contributed by atoms with E-state index in [0.717, 1.165) is 5.75 Å². The van der Waals surface area contributed by atoms with Crippen molar-refractivity contribution in [1.82, 2.24) is 0 Å². The van der Waals surface area contributed by atoms with Gasteiger partial charge in [0.2, 0.25) is 5.91 Å². The molecule has 0 radical (unpaired) electrons. The molecule has 0 aliphatic heterocycles. The molecular formula is C16H19NO3S2. The van der Waals surface area contributed by atoms with Crippen molar-refractivity contribution < 1.29 is 14.3 Å². The van der Waals surface area contributed by atoms with Crippen LogP contribution >= 0.6 is 23.1 Å². The maximum Gasteiger partial charge on any atom is 0.234 e. The highest BCUT2D eigenvalue weighted by atomic mass is 32.2. The number of amides is 1. The Bertz CT molecular complexity index is 599. The van der Waals surface area contributed by atoms with E-state index in [-0.39, 0.29) is 5.91 Å². The maximum atomic E-state index is 12.0. The topological polar surface area (TPSA) is 47.6 Å². The molecule has 22 heavy (non-hydrogen) atoms. The van der Waals surface area contributed by atoms with Crippen LogP contribution in [0.1, 0.15) is 11.8 Å². The van der Waals surface area contributed by atoms with Crippen LogP contribution in [0.5, 0.6) is 11.5 Å². The van der Waals surface area contributed by atoms with Crippen molar-refractivity contribution in [3.63, 3.8) is 0 Å². The van der Waals surface area contributed by atoms with Gasteiger partial charge in [-0.05, 0) is 30.5 Å². The molecule has 0 aliphatic rings. The molecule has 2 rings (SSSR count). The summed E-state index contributed by atoms with van der Waals surface area (Å²) in [5.74, 6) is 2.55. The number of anilines is 1. The van der Waals surface area contributed by atoms with E-state index in [1.54, 1.807) is 42.3 Å². The molecule has 0 atom stereocenters. The van der Waals surface area contributed by atoms with Crippen molar-refractivity contribution >= 4 is 34.7 Å². The van der Waals surface area contributed by atoms with Gasteiger partial charge in [-0.15, -0.1) is 23.1 Å². The first-order chi connectivity index (χ1) is 10.7. The summed E-state index contributed by atoms with van der Waals surface area (Å²) in [6.07, 6.45) is 0. The van der Waals surface area contributed by atoms with Crippen molar-refractivity contribution in [3.8, 4) is 11.5 Å². The molecule has 4 nitrogen and oxygen atoms in total. The van der Waals surface area contributed by atoms with Gasteiger partial charge in [-0.25, -0.2) is 0 Å². The van der Waals surface area contributed by atoms with Crippen molar-refractivity contribution in [2.24, 2.45) is 0 Å². The Hall–Kier alpha value is -1.66. The molecule has 0 bridgehead atoms. The summed E-state index contributed by atoms with van der Waals surface area (Å²) in [6, 6.07) is 9.48. The average Bonchev–Trinajstić information content (AvgIpc) is 3.02. The number of methoxy groups -OCH3 is 1. The predicted octanol–water partition coefficient (Wildman–Crippen LogP) is 4.03. The SMILES string of the molecule is CCOc1ccc(NC(=O)CSCc2cccs2)cc1OC. The molecule has 1 heterocycles. The van der Waals surface area contributed by atoms with E-state index in [2.05, 4.69) is 11.4 Å². The van der Waals surface area contributed by atoms with E-state index in [1.165, 1.54) is 4.88 Å². The minimum absolute atomic E-state index is 0.0206. The fraction of sp³-hybridized carbons (Fsp3) is 0.312. The van der Waals surface area contributed by atoms with Crippen LogP contribution < -0.4 is 14.8 Å². The van der Waals surface area contributed by atoms with Gasteiger partial charge < -0.3 is 14.8 Å². The molecule has 0 unspecified atom stereocenters. The lowest BCUT2D eigenvalue weighted by molar-refractivity contribution is -0.113. The van der Waals surface area contributed by atoms with Crippen molar-refractivity contribution in [1.29, 1.82) is 0 Å². The summed E-state index contributed by atoms with van der Waals surface area (Å²) in [7, 11) is 1.58. The van der Waals surface area contributed by atoms with E-state index in [4.69, 9.17) is 9.47 Å². The number of benzene rings is 1. The van der Waals surface area contributed by atoms with Crippen LogP contribution in [-0.2, 0) is 10.5 Å².